The average Bonchev–Trinajstić information content (AvgIpc) is 1.97. The lowest BCUT2D eigenvalue weighted by Crippen LogP contribution is -2.04. The molecule has 0 fully saturated rings. The molecule has 0 aliphatic rings. The fraction of sp³-hybridized carbons (Fsp3) is 0.583. The predicted octanol–water partition coefficient (Wildman–Crippen LogP) is 3.24. The van der Waals surface area contributed by atoms with E-state index in [1.54, 1.807) is 0 Å². The molecule has 1 heteroatoms. The van der Waals surface area contributed by atoms with Crippen LogP contribution in [0.15, 0.2) is 29.2 Å². The molecule has 0 amide bonds. The largest absolute Gasteiger partial charge is 0.398 e. The smallest absolute Gasteiger partial charge is 0.0354 e. The molecular weight excluding hydrogens is 158 g/mol. The van der Waals surface area contributed by atoms with Crippen molar-refractivity contribution >= 4 is 0 Å². The van der Waals surface area contributed by atoms with Crippen LogP contribution < -0.4 is 5.73 Å². The summed E-state index contributed by atoms with van der Waals surface area (Å²) in [5.41, 5.74) is 11.9. The number of hydrogen-bond donors (Lipinski definition) is 1. The van der Waals surface area contributed by atoms with Gasteiger partial charge in [-0.25, -0.2) is 0 Å². The third-order valence-corrected chi connectivity index (χ3v) is 2.12. The van der Waals surface area contributed by atoms with E-state index in [9.17, 15) is 0 Å². The van der Waals surface area contributed by atoms with Crippen molar-refractivity contribution in [2.45, 2.75) is 34.6 Å². The maximum absolute atomic E-state index is 5.68. The highest BCUT2D eigenvalue weighted by Gasteiger charge is 2.04. The summed E-state index contributed by atoms with van der Waals surface area (Å²) in [5, 5.41) is 0. The molecule has 2 N–H and O–H groups in total. The van der Waals surface area contributed by atoms with E-state index in [0.717, 1.165) is 5.57 Å². The van der Waals surface area contributed by atoms with Gasteiger partial charge in [0.05, 0.1) is 0 Å². The van der Waals surface area contributed by atoms with Gasteiger partial charge in [0.2, 0.25) is 0 Å². The molecule has 0 aromatic heterocycles. The van der Waals surface area contributed by atoms with Crippen LogP contribution in [0.5, 0.6) is 0 Å². The van der Waals surface area contributed by atoms with Crippen molar-refractivity contribution in [3.63, 3.8) is 0 Å². The van der Waals surface area contributed by atoms with E-state index < -0.39 is 0 Å². The highest BCUT2D eigenvalue weighted by Crippen LogP contribution is 2.15. The first-order chi connectivity index (χ1) is 5.86. The fourth-order valence-electron chi connectivity index (χ4n) is 0.952. The molecule has 0 rings (SSSR count). The average molecular weight is 179 g/mol. The highest BCUT2D eigenvalue weighted by molar-refractivity contribution is 5.28. The third-order valence-electron chi connectivity index (χ3n) is 2.12. The van der Waals surface area contributed by atoms with E-state index >= 15 is 0 Å². The van der Waals surface area contributed by atoms with Crippen LogP contribution in [0, 0.1) is 11.8 Å². The molecule has 0 saturated heterocycles. The van der Waals surface area contributed by atoms with Crippen LogP contribution in [0.2, 0.25) is 0 Å². The maximum Gasteiger partial charge on any atom is 0.0354 e. The van der Waals surface area contributed by atoms with Crippen molar-refractivity contribution in [1.29, 1.82) is 0 Å². The highest BCUT2D eigenvalue weighted by atomic mass is 14.6. The minimum absolute atomic E-state index is 0.395. The molecule has 0 heterocycles. The number of hydrogen-bond acceptors (Lipinski definition) is 1. The Kier molecular flexibility index (Phi) is 4.58. The molecule has 0 aliphatic heterocycles. The maximum atomic E-state index is 5.68. The van der Waals surface area contributed by atoms with Gasteiger partial charge < -0.3 is 5.73 Å². The second-order valence-corrected chi connectivity index (χ2v) is 4.06. The molecule has 0 unspecified atom stereocenters. The van der Waals surface area contributed by atoms with Crippen LogP contribution in [0.3, 0.4) is 0 Å². The first-order valence-corrected chi connectivity index (χ1v) is 4.78. The van der Waals surface area contributed by atoms with E-state index in [-0.39, 0.29) is 0 Å². The number of nitrogens with two attached hydrogens (primary N) is 1. The van der Waals surface area contributed by atoms with Crippen LogP contribution >= 0.6 is 0 Å². The normalized spacial score (nSPS) is 10.1. The fourth-order valence-corrected chi connectivity index (χ4v) is 0.952. The van der Waals surface area contributed by atoms with Crippen molar-refractivity contribution in [3.05, 3.63) is 29.2 Å². The summed E-state index contributed by atoms with van der Waals surface area (Å²) in [6.07, 6.45) is 0. The van der Waals surface area contributed by atoms with Gasteiger partial charge in [0.1, 0.15) is 0 Å². The Hall–Kier alpha value is -0.940. The summed E-state index contributed by atoms with van der Waals surface area (Å²) in [4.78, 5) is 0. The molecule has 0 bridgehead atoms. The minimum Gasteiger partial charge on any atom is -0.398 e. The van der Waals surface area contributed by atoms with Gasteiger partial charge in [0, 0.05) is 11.3 Å². The zero-order valence-corrected chi connectivity index (χ0v) is 9.44. The van der Waals surface area contributed by atoms with Gasteiger partial charge in [-0.15, -0.1) is 5.73 Å². The minimum atomic E-state index is 0.395. The Morgan fingerprint density at radius 3 is 1.85 bits per heavy atom. The van der Waals surface area contributed by atoms with Crippen molar-refractivity contribution in [3.8, 4) is 0 Å². The standard InChI is InChI=1S/C12H21N/c1-8(2)10(5)7-12(9(3)4)11(6)13/h8-9H,6,13H2,1-5H3. The summed E-state index contributed by atoms with van der Waals surface area (Å²) in [5.74, 6) is 0.916. The molecular formula is C12H21N. The Morgan fingerprint density at radius 1 is 1.15 bits per heavy atom. The Bertz CT molecular complexity index is 250. The SMILES string of the molecule is C=C(N)C(=C=C(C)C(C)C)C(C)C. The molecule has 0 radical (unpaired) electrons. The summed E-state index contributed by atoms with van der Waals surface area (Å²) in [6.45, 7) is 14.3. The van der Waals surface area contributed by atoms with Crippen LogP contribution in [0.1, 0.15) is 34.6 Å². The molecule has 74 valence electrons. The predicted molar refractivity (Wildman–Crippen MR) is 59.2 cm³/mol. The van der Waals surface area contributed by atoms with Gasteiger partial charge in [0.15, 0.2) is 0 Å². The molecule has 1 nitrogen and oxygen atoms in total. The summed E-state index contributed by atoms with van der Waals surface area (Å²) in [6, 6.07) is 0. The second-order valence-electron chi connectivity index (χ2n) is 4.06. The van der Waals surface area contributed by atoms with E-state index in [1.807, 2.05) is 0 Å². The van der Waals surface area contributed by atoms with E-state index in [1.165, 1.54) is 5.57 Å². The van der Waals surface area contributed by atoms with Crippen LogP contribution in [-0.4, -0.2) is 0 Å². The van der Waals surface area contributed by atoms with E-state index in [0.29, 0.717) is 17.5 Å². The lowest BCUT2D eigenvalue weighted by atomic mass is 9.98. The topological polar surface area (TPSA) is 26.0 Å². The van der Waals surface area contributed by atoms with Gasteiger partial charge in [0.25, 0.3) is 0 Å². The summed E-state index contributed by atoms with van der Waals surface area (Å²) >= 11 is 0. The van der Waals surface area contributed by atoms with Crippen LogP contribution in [0.4, 0.5) is 0 Å². The zero-order chi connectivity index (χ0) is 10.6. The molecule has 13 heavy (non-hydrogen) atoms. The summed E-state index contributed by atoms with van der Waals surface area (Å²) in [7, 11) is 0. The molecule has 0 spiro atoms. The number of allylic oxidation sites excluding steroid dienone is 1. The zero-order valence-electron chi connectivity index (χ0n) is 9.44. The van der Waals surface area contributed by atoms with E-state index in [4.69, 9.17) is 5.73 Å². The van der Waals surface area contributed by atoms with E-state index in [2.05, 4.69) is 46.9 Å². The number of rotatable bonds is 3. The Balaban J connectivity index is 5.15. The first kappa shape index (κ1) is 12.1. The molecule has 0 saturated carbocycles. The van der Waals surface area contributed by atoms with Crippen molar-refractivity contribution < 1.29 is 0 Å². The van der Waals surface area contributed by atoms with Crippen LogP contribution in [0.25, 0.3) is 0 Å². The van der Waals surface area contributed by atoms with Crippen molar-refractivity contribution in [1.82, 2.24) is 0 Å². The molecule has 0 aromatic rings. The second kappa shape index (κ2) is 4.94. The van der Waals surface area contributed by atoms with Gasteiger partial charge in [-0.3, -0.25) is 0 Å². The Labute approximate surface area is 82.0 Å². The van der Waals surface area contributed by atoms with Crippen molar-refractivity contribution in [2.75, 3.05) is 0 Å². The lowest BCUT2D eigenvalue weighted by Gasteiger charge is -2.09. The monoisotopic (exact) mass is 179 g/mol. The van der Waals surface area contributed by atoms with Gasteiger partial charge in [-0.1, -0.05) is 34.3 Å². The van der Waals surface area contributed by atoms with Crippen LogP contribution in [-0.2, 0) is 0 Å². The summed E-state index contributed by atoms with van der Waals surface area (Å²) < 4.78 is 0. The molecule has 0 aliphatic carbocycles. The molecule has 0 atom stereocenters. The lowest BCUT2D eigenvalue weighted by molar-refractivity contribution is 0.752. The quantitative estimate of drug-likeness (QED) is 0.522. The molecule has 0 aromatic carbocycles. The van der Waals surface area contributed by atoms with Gasteiger partial charge >= 0.3 is 0 Å². The van der Waals surface area contributed by atoms with Crippen molar-refractivity contribution in [2.24, 2.45) is 17.6 Å². The van der Waals surface area contributed by atoms with Gasteiger partial charge in [-0.2, -0.15) is 0 Å². The third kappa shape index (κ3) is 4.00. The Morgan fingerprint density at radius 2 is 1.62 bits per heavy atom. The first-order valence-electron chi connectivity index (χ1n) is 4.78. The van der Waals surface area contributed by atoms with Gasteiger partial charge in [-0.05, 0) is 24.3 Å².